The van der Waals surface area contributed by atoms with E-state index >= 15 is 0 Å². The average molecular weight is 320 g/mol. The first-order valence-corrected chi connectivity index (χ1v) is 7.42. The molecule has 2 rings (SSSR count). The van der Waals surface area contributed by atoms with Crippen molar-refractivity contribution in [3.05, 3.63) is 40.9 Å². The molecule has 1 N–H and O–H groups in total. The lowest BCUT2D eigenvalue weighted by Crippen LogP contribution is -2.14. The Hall–Kier alpha value is -2.41. The van der Waals surface area contributed by atoms with Gasteiger partial charge in [-0.25, -0.2) is 4.98 Å². The number of benzene rings is 1. The van der Waals surface area contributed by atoms with E-state index < -0.39 is 0 Å². The summed E-state index contributed by atoms with van der Waals surface area (Å²) in [6.45, 7) is 0. The molecule has 1 heterocycles. The highest BCUT2D eigenvalue weighted by molar-refractivity contribution is 7.13. The highest BCUT2D eigenvalue weighted by Crippen LogP contribution is 2.17. The number of hydrogen-bond donors (Lipinski definition) is 1. The molecule has 1 amide bonds. The maximum Gasteiger partial charge on any atom is 0.311 e. The number of carbonyl (C=O) groups is 2. The van der Waals surface area contributed by atoms with Gasteiger partial charge in [0.1, 0.15) is 5.75 Å². The van der Waals surface area contributed by atoms with Gasteiger partial charge in [-0.2, -0.15) is 0 Å². The summed E-state index contributed by atoms with van der Waals surface area (Å²) in [5.74, 6) is 0.224. The summed E-state index contributed by atoms with van der Waals surface area (Å²) >= 11 is 1.28. The van der Waals surface area contributed by atoms with E-state index in [9.17, 15) is 9.59 Å². The lowest BCUT2D eigenvalue weighted by atomic mass is 10.1. The van der Waals surface area contributed by atoms with E-state index in [1.165, 1.54) is 18.4 Å². The van der Waals surface area contributed by atoms with Crippen LogP contribution in [0.3, 0.4) is 0 Å². The number of rotatable bonds is 6. The molecule has 7 heteroatoms. The first-order chi connectivity index (χ1) is 10.6. The van der Waals surface area contributed by atoms with Gasteiger partial charge in [-0.15, -0.1) is 11.3 Å². The van der Waals surface area contributed by atoms with Gasteiger partial charge in [-0.05, 0) is 17.7 Å². The van der Waals surface area contributed by atoms with Gasteiger partial charge in [-0.1, -0.05) is 12.1 Å². The second-order valence-electron chi connectivity index (χ2n) is 4.47. The zero-order chi connectivity index (χ0) is 15.9. The zero-order valence-corrected chi connectivity index (χ0v) is 13.1. The van der Waals surface area contributed by atoms with Crippen LogP contribution >= 0.6 is 11.3 Å². The van der Waals surface area contributed by atoms with Gasteiger partial charge in [0.15, 0.2) is 5.13 Å². The Bertz CT molecular complexity index is 652. The van der Waals surface area contributed by atoms with Gasteiger partial charge >= 0.3 is 5.97 Å². The number of carbonyl (C=O) groups excluding carboxylic acids is 2. The molecule has 0 bridgehead atoms. The molecule has 116 valence electrons. The molecule has 0 radical (unpaired) electrons. The van der Waals surface area contributed by atoms with Crippen LogP contribution in [-0.2, 0) is 27.2 Å². The number of aromatic nitrogens is 1. The van der Waals surface area contributed by atoms with Crippen LogP contribution in [0.4, 0.5) is 5.13 Å². The van der Waals surface area contributed by atoms with E-state index in [0.29, 0.717) is 10.8 Å². The molecule has 0 aliphatic rings. The van der Waals surface area contributed by atoms with Crippen molar-refractivity contribution in [3.63, 3.8) is 0 Å². The van der Waals surface area contributed by atoms with Crippen LogP contribution in [0.15, 0.2) is 29.6 Å². The Morgan fingerprint density at radius 2 is 1.91 bits per heavy atom. The van der Waals surface area contributed by atoms with Gasteiger partial charge in [0.25, 0.3) is 0 Å². The molecule has 6 nitrogen and oxygen atoms in total. The Kier molecular flexibility index (Phi) is 5.48. The largest absolute Gasteiger partial charge is 0.497 e. The zero-order valence-electron chi connectivity index (χ0n) is 12.3. The normalized spacial score (nSPS) is 10.1. The van der Waals surface area contributed by atoms with Crippen molar-refractivity contribution >= 4 is 28.3 Å². The number of esters is 1. The topological polar surface area (TPSA) is 77.5 Å². The molecular weight excluding hydrogens is 304 g/mol. The maximum absolute atomic E-state index is 12.0. The first kappa shape index (κ1) is 16.0. The number of methoxy groups -OCH3 is 2. The van der Waals surface area contributed by atoms with Crippen molar-refractivity contribution in [3.8, 4) is 5.75 Å². The Labute approximate surface area is 132 Å². The summed E-state index contributed by atoms with van der Waals surface area (Å²) in [6, 6.07) is 7.28. The number of hydrogen-bond acceptors (Lipinski definition) is 6. The van der Waals surface area contributed by atoms with E-state index in [1.807, 2.05) is 12.1 Å². The molecule has 22 heavy (non-hydrogen) atoms. The highest BCUT2D eigenvalue weighted by atomic mass is 32.1. The monoisotopic (exact) mass is 320 g/mol. The summed E-state index contributed by atoms with van der Waals surface area (Å²) in [6.07, 6.45) is 0.345. The van der Waals surface area contributed by atoms with Crippen LogP contribution in [-0.4, -0.2) is 31.1 Å². The van der Waals surface area contributed by atoms with Crippen LogP contribution in [0.1, 0.15) is 11.3 Å². The van der Waals surface area contributed by atoms with Gasteiger partial charge < -0.3 is 14.8 Å². The second-order valence-corrected chi connectivity index (χ2v) is 5.33. The molecule has 2 aromatic rings. The molecule has 0 saturated heterocycles. The third-order valence-electron chi connectivity index (χ3n) is 2.87. The minimum atomic E-state index is -0.360. The number of nitrogens with one attached hydrogen (secondary N) is 1. The lowest BCUT2D eigenvalue weighted by molar-refractivity contribution is -0.139. The fourth-order valence-electron chi connectivity index (χ4n) is 1.76. The van der Waals surface area contributed by atoms with Crippen molar-refractivity contribution in [1.29, 1.82) is 0 Å². The Balaban J connectivity index is 1.89. The number of nitrogens with zero attached hydrogens (tertiary/aromatic N) is 1. The summed E-state index contributed by atoms with van der Waals surface area (Å²) in [4.78, 5) is 27.3. The van der Waals surface area contributed by atoms with Crippen molar-refractivity contribution in [1.82, 2.24) is 4.98 Å². The summed E-state index contributed by atoms with van der Waals surface area (Å²) < 4.78 is 9.64. The number of ether oxygens (including phenoxy) is 2. The fraction of sp³-hybridized carbons (Fsp3) is 0.267. The molecule has 0 spiro atoms. The van der Waals surface area contributed by atoms with E-state index in [-0.39, 0.29) is 24.7 Å². The predicted octanol–water partition coefficient (Wildman–Crippen LogP) is 2.05. The third kappa shape index (κ3) is 4.56. The van der Waals surface area contributed by atoms with E-state index in [0.717, 1.165) is 11.3 Å². The second kappa shape index (κ2) is 7.56. The Morgan fingerprint density at radius 1 is 1.18 bits per heavy atom. The predicted molar refractivity (Wildman–Crippen MR) is 83.2 cm³/mol. The number of anilines is 1. The highest BCUT2D eigenvalue weighted by Gasteiger charge is 2.10. The maximum atomic E-state index is 12.0. The number of amides is 1. The van der Waals surface area contributed by atoms with Crippen molar-refractivity contribution in [2.45, 2.75) is 12.8 Å². The fourth-order valence-corrected chi connectivity index (χ4v) is 2.48. The molecule has 0 aliphatic carbocycles. The average Bonchev–Trinajstić information content (AvgIpc) is 2.94. The van der Waals surface area contributed by atoms with E-state index in [1.54, 1.807) is 24.6 Å². The molecule has 1 aromatic heterocycles. The van der Waals surface area contributed by atoms with Crippen molar-refractivity contribution in [2.75, 3.05) is 19.5 Å². The molecule has 1 aromatic carbocycles. The SMILES string of the molecule is COC(=O)Cc1csc(NC(=O)Cc2ccc(OC)cc2)n1. The minimum Gasteiger partial charge on any atom is -0.497 e. The lowest BCUT2D eigenvalue weighted by Gasteiger charge is -2.03. The molecule has 0 atom stereocenters. The molecular formula is C15H16N2O4S. The van der Waals surface area contributed by atoms with Crippen LogP contribution in [0.5, 0.6) is 5.75 Å². The van der Waals surface area contributed by atoms with Crippen molar-refractivity contribution < 1.29 is 19.1 Å². The summed E-state index contributed by atoms with van der Waals surface area (Å²) in [7, 11) is 2.92. The van der Waals surface area contributed by atoms with Gasteiger partial charge in [0, 0.05) is 5.38 Å². The standard InChI is InChI=1S/C15H16N2O4S/c1-20-12-5-3-10(4-6-12)7-13(18)17-15-16-11(9-22-15)8-14(19)21-2/h3-6,9H,7-8H2,1-2H3,(H,16,17,18). The van der Waals surface area contributed by atoms with Crippen LogP contribution in [0.25, 0.3) is 0 Å². The van der Waals surface area contributed by atoms with Crippen LogP contribution in [0, 0.1) is 0 Å². The summed E-state index contributed by atoms with van der Waals surface area (Å²) in [5, 5.41) is 4.91. The summed E-state index contributed by atoms with van der Waals surface area (Å²) in [5.41, 5.74) is 1.46. The van der Waals surface area contributed by atoms with E-state index in [4.69, 9.17) is 4.74 Å². The Morgan fingerprint density at radius 3 is 2.55 bits per heavy atom. The molecule has 0 saturated carbocycles. The first-order valence-electron chi connectivity index (χ1n) is 6.54. The van der Waals surface area contributed by atoms with Crippen LogP contribution < -0.4 is 10.1 Å². The van der Waals surface area contributed by atoms with Gasteiger partial charge in [-0.3, -0.25) is 9.59 Å². The third-order valence-corrected chi connectivity index (χ3v) is 3.68. The van der Waals surface area contributed by atoms with Gasteiger partial charge in [0.2, 0.25) is 5.91 Å². The molecule has 0 aliphatic heterocycles. The molecule has 0 unspecified atom stereocenters. The van der Waals surface area contributed by atoms with Gasteiger partial charge in [0.05, 0.1) is 32.8 Å². The molecule has 0 fully saturated rings. The minimum absolute atomic E-state index is 0.0986. The van der Waals surface area contributed by atoms with E-state index in [2.05, 4.69) is 15.0 Å². The van der Waals surface area contributed by atoms with Crippen molar-refractivity contribution in [2.24, 2.45) is 0 Å². The quantitative estimate of drug-likeness (QED) is 0.824. The van der Waals surface area contributed by atoms with Crippen LogP contribution in [0.2, 0.25) is 0 Å². The number of thiazole rings is 1. The smallest absolute Gasteiger partial charge is 0.311 e.